The minimum absolute atomic E-state index is 0.700. The maximum atomic E-state index is 11.9. The van der Waals surface area contributed by atoms with Crippen molar-refractivity contribution in [1.82, 2.24) is 0 Å². The summed E-state index contributed by atoms with van der Waals surface area (Å²) in [5, 5.41) is 2.38. The Morgan fingerprint density at radius 3 is 2.24 bits per heavy atom. The smallest absolute Gasteiger partial charge is 0.0776 e. The van der Waals surface area contributed by atoms with Crippen LogP contribution in [0.5, 0.6) is 0 Å². The Balaban J connectivity index is 2.11. The summed E-state index contributed by atoms with van der Waals surface area (Å²) in [4.78, 5) is 0.803. The topological polar surface area (TPSA) is 17.1 Å². The Labute approximate surface area is 108 Å². The summed E-state index contributed by atoms with van der Waals surface area (Å²) in [6.45, 7) is 0. The molecule has 0 aliphatic rings. The maximum absolute atomic E-state index is 11.9. The molecular weight excluding hydrogens is 252 g/mol. The molecule has 0 aromatic heterocycles. The van der Waals surface area contributed by atoms with E-state index in [-0.39, 0.29) is 0 Å². The van der Waals surface area contributed by atoms with E-state index < -0.39 is 10.8 Å². The first-order valence-electron chi connectivity index (χ1n) is 5.15. The van der Waals surface area contributed by atoms with Gasteiger partial charge in [-0.2, -0.15) is 0 Å². The second-order valence-electron chi connectivity index (χ2n) is 3.46. The van der Waals surface area contributed by atoms with Crippen molar-refractivity contribution in [3.05, 3.63) is 70.6 Å². The molecule has 0 N–H and O–H groups in total. The van der Waals surface area contributed by atoms with Gasteiger partial charge < -0.3 is 0 Å². The van der Waals surface area contributed by atoms with Crippen LogP contribution in [0.4, 0.5) is 0 Å². The van der Waals surface area contributed by atoms with E-state index in [2.05, 4.69) is 0 Å². The molecule has 17 heavy (non-hydrogen) atoms. The fraction of sp³-hybridized carbons (Fsp3) is 0. The summed E-state index contributed by atoms with van der Waals surface area (Å²) < 4.78 is 11.9. The van der Waals surface area contributed by atoms with Crippen LogP contribution in [0.15, 0.2) is 64.9 Å². The lowest BCUT2D eigenvalue weighted by molar-refractivity contribution is 0.688. The first kappa shape index (κ1) is 12.1. The van der Waals surface area contributed by atoms with Crippen molar-refractivity contribution in [2.45, 2.75) is 4.90 Å². The van der Waals surface area contributed by atoms with Crippen molar-refractivity contribution in [2.75, 3.05) is 0 Å². The average Bonchev–Trinajstić information content (AvgIpc) is 2.39. The van der Waals surface area contributed by atoms with Gasteiger partial charge in [-0.05, 0) is 35.9 Å². The summed E-state index contributed by atoms with van der Waals surface area (Å²) >= 11 is 5.79. The van der Waals surface area contributed by atoms with Gasteiger partial charge in [-0.1, -0.05) is 41.9 Å². The third kappa shape index (κ3) is 3.55. The molecule has 2 aromatic rings. The normalized spacial score (nSPS) is 12.8. The molecule has 0 amide bonds. The Hall–Kier alpha value is -1.38. The van der Waals surface area contributed by atoms with Crippen LogP contribution in [0.25, 0.3) is 6.08 Å². The molecule has 0 unspecified atom stereocenters. The highest BCUT2D eigenvalue weighted by molar-refractivity contribution is 7.88. The van der Waals surface area contributed by atoms with Gasteiger partial charge in [0, 0.05) is 15.3 Å². The summed E-state index contributed by atoms with van der Waals surface area (Å²) in [7, 11) is -1.10. The van der Waals surface area contributed by atoms with E-state index in [0.29, 0.717) is 5.02 Å². The highest BCUT2D eigenvalue weighted by Crippen LogP contribution is 2.12. The number of hydrogen-bond donors (Lipinski definition) is 0. The van der Waals surface area contributed by atoms with E-state index in [1.54, 1.807) is 5.41 Å². The molecule has 0 aliphatic heterocycles. The van der Waals surface area contributed by atoms with E-state index in [4.69, 9.17) is 11.6 Å². The molecular formula is C14H11ClOS. The molecule has 0 bridgehead atoms. The fourth-order valence-electron chi connectivity index (χ4n) is 1.35. The summed E-state index contributed by atoms with van der Waals surface area (Å²) in [6.07, 6.45) is 1.83. The Morgan fingerprint density at radius 1 is 0.941 bits per heavy atom. The lowest BCUT2D eigenvalue weighted by Gasteiger charge is -1.96. The molecule has 2 aromatic carbocycles. The lowest BCUT2D eigenvalue weighted by atomic mass is 10.2. The van der Waals surface area contributed by atoms with Gasteiger partial charge in [-0.15, -0.1) is 0 Å². The van der Waals surface area contributed by atoms with Gasteiger partial charge in [0.2, 0.25) is 0 Å². The highest BCUT2D eigenvalue weighted by atomic mass is 35.5. The van der Waals surface area contributed by atoms with Gasteiger partial charge in [0.1, 0.15) is 0 Å². The van der Waals surface area contributed by atoms with Crippen molar-refractivity contribution in [1.29, 1.82) is 0 Å². The van der Waals surface area contributed by atoms with Crippen molar-refractivity contribution in [3.8, 4) is 0 Å². The van der Waals surface area contributed by atoms with Gasteiger partial charge in [0.25, 0.3) is 0 Å². The van der Waals surface area contributed by atoms with Crippen LogP contribution in [0.1, 0.15) is 5.56 Å². The molecule has 1 nitrogen and oxygen atoms in total. The van der Waals surface area contributed by atoms with Crippen LogP contribution < -0.4 is 0 Å². The zero-order valence-corrected chi connectivity index (χ0v) is 10.6. The van der Waals surface area contributed by atoms with E-state index in [1.807, 2.05) is 60.7 Å². The highest BCUT2D eigenvalue weighted by Gasteiger charge is 1.97. The molecule has 0 saturated heterocycles. The average molecular weight is 263 g/mol. The first-order valence-corrected chi connectivity index (χ1v) is 6.74. The number of rotatable bonds is 3. The summed E-state index contributed by atoms with van der Waals surface area (Å²) in [5.41, 5.74) is 0.985. The SMILES string of the molecule is O=[S@@](/C=C\c1ccc(Cl)cc1)c1ccccc1. The molecule has 0 heterocycles. The Morgan fingerprint density at radius 2 is 1.59 bits per heavy atom. The second-order valence-corrected chi connectivity index (χ2v) is 5.24. The molecule has 86 valence electrons. The minimum atomic E-state index is -1.10. The van der Waals surface area contributed by atoms with Gasteiger partial charge in [0.05, 0.1) is 10.8 Å². The van der Waals surface area contributed by atoms with Crippen molar-refractivity contribution in [2.24, 2.45) is 0 Å². The van der Waals surface area contributed by atoms with Crippen LogP contribution >= 0.6 is 11.6 Å². The lowest BCUT2D eigenvalue weighted by Crippen LogP contribution is -1.84. The van der Waals surface area contributed by atoms with Crippen molar-refractivity contribution >= 4 is 28.5 Å². The molecule has 0 fully saturated rings. The number of halogens is 1. The zero-order valence-electron chi connectivity index (χ0n) is 9.05. The van der Waals surface area contributed by atoms with Gasteiger partial charge in [-0.3, -0.25) is 0 Å². The maximum Gasteiger partial charge on any atom is 0.0776 e. The Bertz CT molecular complexity index is 532. The zero-order chi connectivity index (χ0) is 12.1. The number of hydrogen-bond acceptors (Lipinski definition) is 1. The van der Waals surface area contributed by atoms with Gasteiger partial charge in [-0.25, -0.2) is 4.21 Å². The minimum Gasteiger partial charge on any atom is -0.250 e. The van der Waals surface area contributed by atoms with E-state index in [1.165, 1.54) is 0 Å². The van der Waals surface area contributed by atoms with Crippen LogP contribution in [0.3, 0.4) is 0 Å². The van der Waals surface area contributed by atoms with Crippen LogP contribution in [0, 0.1) is 0 Å². The van der Waals surface area contributed by atoms with Gasteiger partial charge in [0.15, 0.2) is 0 Å². The van der Waals surface area contributed by atoms with E-state index in [0.717, 1.165) is 10.5 Å². The number of benzene rings is 2. The largest absolute Gasteiger partial charge is 0.250 e. The first-order chi connectivity index (χ1) is 8.25. The third-order valence-electron chi connectivity index (χ3n) is 2.23. The summed E-state index contributed by atoms with van der Waals surface area (Å²) in [6, 6.07) is 16.8. The quantitative estimate of drug-likeness (QED) is 0.813. The standard InChI is InChI=1S/C14H11ClOS/c15-13-8-6-12(7-9-13)10-11-17(16)14-4-2-1-3-5-14/h1-11H/b11-10-/t17-/m0/s1. The van der Waals surface area contributed by atoms with Crippen LogP contribution in [-0.4, -0.2) is 4.21 Å². The Kier molecular flexibility index (Phi) is 4.13. The van der Waals surface area contributed by atoms with Crippen molar-refractivity contribution < 1.29 is 4.21 Å². The second kappa shape index (κ2) is 5.80. The molecule has 0 aliphatic carbocycles. The molecule has 3 heteroatoms. The van der Waals surface area contributed by atoms with Crippen molar-refractivity contribution in [3.63, 3.8) is 0 Å². The predicted molar refractivity (Wildman–Crippen MR) is 73.3 cm³/mol. The van der Waals surface area contributed by atoms with E-state index in [9.17, 15) is 4.21 Å². The molecule has 0 radical (unpaired) electrons. The third-order valence-corrected chi connectivity index (χ3v) is 3.60. The molecule has 2 rings (SSSR count). The monoisotopic (exact) mass is 262 g/mol. The van der Waals surface area contributed by atoms with Gasteiger partial charge >= 0.3 is 0 Å². The molecule has 0 saturated carbocycles. The van der Waals surface area contributed by atoms with Crippen LogP contribution in [0.2, 0.25) is 5.02 Å². The summed E-state index contributed by atoms with van der Waals surface area (Å²) in [5.74, 6) is 0. The fourth-order valence-corrected chi connectivity index (χ4v) is 2.34. The van der Waals surface area contributed by atoms with Crippen LogP contribution in [-0.2, 0) is 10.8 Å². The predicted octanol–water partition coefficient (Wildman–Crippen LogP) is 4.12. The van der Waals surface area contributed by atoms with E-state index >= 15 is 0 Å². The molecule has 1 atom stereocenters. The molecule has 0 spiro atoms.